The first-order chi connectivity index (χ1) is 34.2. The molecule has 4 aromatic carbocycles. The smallest absolute Gasteiger partial charge is 0.331 e. The normalized spacial score (nSPS) is 19.3. The third kappa shape index (κ3) is 11.5. The summed E-state index contributed by atoms with van der Waals surface area (Å²) in [7, 11) is 15.3. The van der Waals surface area contributed by atoms with Gasteiger partial charge in [0.2, 0.25) is 5.75 Å². The van der Waals surface area contributed by atoms with E-state index >= 15 is 0 Å². The van der Waals surface area contributed by atoms with Crippen LogP contribution in [0.15, 0.2) is 54.6 Å². The number of carbonyl (C=O) groups excluding carboxylic acids is 2. The van der Waals surface area contributed by atoms with Crippen LogP contribution in [-0.2, 0) is 64.8 Å². The van der Waals surface area contributed by atoms with Gasteiger partial charge in [-0.1, -0.05) is 6.07 Å². The number of aliphatic hydroxyl groups excluding tert-OH is 4. The molecule has 4 N–H and O–H groups in total. The largest absolute Gasteiger partial charge is 0.496 e. The van der Waals surface area contributed by atoms with Gasteiger partial charge >= 0.3 is 11.9 Å². The Kier molecular flexibility index (Phi) is 18.6. The predicted molar refractivity (Wildman–Crippen MR) is 263 cm³/mol. The van der Waals surface area contributed by atoms with E-state index in [2.05, 4.69) is 14.1 Å². The van der Waals surface area contributed by atoms with Crippen LogP contribution in [0.1, 0.15) is 80.6 Å². The molecule has 71 heavy (non-hydrogen) atoms. The molecule has 17 nitrogen and oxygen atoms in total. The number of esters is 2. The number of likely N-dealkylation sites (N-methyl/N-ethyl adjacent to an activating group) is 2. The van der Waals surface area contributed by atoms with Crippen molar-refractivity contribution >= 4 is 11.9 Å². The Bertz CT molecular complexity index is 2520. The lowest BCUT2D eigenvalue weighted by Gasteiger charge is -2.46. The van der Waals surface area contributed by atoms with Gasteiger partial charge in [-0.25, -0.2) is 9.59 Å². The Morgan fingerprint density at radius 1 is 0.563 bits per heavy atom. The van der Waals surface area contributed by atoms with Crippen molar-refractivity contribution in [3.8, 4) is 40.2 Å². The molecule has 0 aromatic heterocycles. The molecular weight excluding hydrogens is 917 g/mol. The fraction of sp³-hybridized carbons (Fsp3) is 0.481. The highest BCUT2D eigenvalue weighted by Gasteiger charge is 2.45. The van der Waals surface area contributed by atoms with Crippen LogP contribution in [0, 0.1) is 0 Å². The minimum Gasteiger partial charge on any atom is -0.496 e. The van der Waals surface area contributed by atoms with Crippen LogP contribution < -0.4 is 33.2 Å². The maximum Gasteiger partial charge on any atom is 0.331 e. The van der Waals surface area contributed by atoms with Crippen molar-refractivity contribution < 1.29 is 81.6 Å². The second kappa shape index (κ2) is 24.4. The number of methoxy groups -OCH3 is 7. The van der Waals surface area contributed by atoms with Crippen LogP contribution in [0.25, 0.3) is 0 Å². The van der Waals surface area contributed by atoms with Gasteiger partial charge in [0.15, 0.2) is 23.0 Å². The lowest BCUT2D eigenvalue weighted by molar-refractivity contribution is -0.941. The molecule has 0 aliphatic carbocycles. The minimum atomic E-state index is -0.674. The molecule has 0 fully saturated rings. The molecule has 2 heterocycles. The number of quaternary nitrogens is 2. The van der Waals surface area contributed by atoms with E-state index in [1.54, 1.807) is 49.8 Å². The average molecular weight is 989 g/mol. The number of benzene rings is 4. The molecule has 2 aliphatic rings. The number of hydrogen-bond acceptors (Lipinski definition) is 15. The van der Waals surface area contributed by atoms with Gasteiger partial charge in [0, 0.05) is 66.5 Å². The molecule has 386 valence electrons. The van der Waals surface area contributed by atoms with Gasteiger partial charge < -0.3 is 72.0 Å². The van der Waals surface area contributed by atoms with Crippen molar-refractivity contribution in [1.29, 1.82) is 0 Å². The fourth-order valence-corrected chi connectivity index (χ4v) is 10.8. The second-order valence-corrected chi connectivity index (χ2v) is 18.4. The molecule has 2 aliphatic heterocycles. The summed E-state index contributed by atoms with van der Waals surface area (Å²) in [5.74, 6) is 2.37. The summed E-state index contributed by atoms with van der Waals surface area (Å²) >= 11 is 0. The second-order valence-electron chi connectivity index (χ2n) is 18.4. The maximum absolute atomic E-state index is 12.9. The molecule has 0 saturated carbocycles. The van der Waals surface area contributed by atoms with Crippen molar-refractivity contribution in [2.24, 2.45) is 0 Å². The minimum absolute atomic E-state index is 0.0907. The summed E-state index contributed by atoms with van der Waals surface area (Å²) in [6.45, 7) is 1.85. The molecule has 0 radical (unpaired) electrons. The topological polar surface area (TPSA) is 198 Å². The van der Waals surface area contributed by atoms with Crippen LogP contribution in [0.3, 0.4) is 0 Å². The van der Waals surface area contributed by atoms with Gasteiger partial charge in [-0.15, -0.1) is 0 Å². The highest BCUT2D eigenvalue weighted by molar-refractivity contribution is 5.91. The molecule has 0 spiro atoms. The molecule has 4 aromatic rings. The monoisotopic (exact) mass is 988 g/mol. The van der Waals surface area contributed by atoms with Gasteiger partial charge in [-0.2, -0.15) is 0 Å². The lowest BCUT2D eigenvalue weighted by atomic mass is 9.82. The summed E-state index contributed by atoms with van der Waals surface area (Å²) in [6.07, 6.45) is 5.11. The summed E-state index contributed by atoms with van der Waals surface area (Å²) < 4.78 is 52.6. The molecular formula is C54H72N2O15+2. The molecule has 4 atom stereocenters. The van der Waals surface area contributed by atoms with Crippen molar-refractivity contribution in [2.75, 3.05) is 103 Å². The van der Waals surface area contributed by atoms with Crippen molar-refractivity contribution in [3.05, 3.63) is 110 Å². The first-order valence-corrected chi connectivity index (χ1v) is 23.8. The zero-order valence-electron chi connectivity index (χ0n) is 42.6. The third-order valence-corrected chi connectivity index (χ3v) is 14.3. The fourth-order valence-electron chi connectivity index (χ4n) is 10.8. The Hall–Kier alpha value is -6.08. The lowest BCUT2D eigenvalue weighted by Crippen LogP contribution is -2.53. The Morgan fingerprint density at radius 3 is 1.66 bits per heavy atom. The van der Waals surface area contributed by atoms with Crippen molar-refractivity contribution in [1.82, 2.24) is 0 Å². The zero-order chi connectivity index (χ0) is 51.5. The van der Waals surface area contributed by atoms with Crippen molar-refractivity contribution in [2.45, 2.75) is 70.6 Å². The molecule has 17 heteroatoms. The number of carbonyl (C=O) groups is 2. The van der Waals surface area contributed by atoms with Gasteiger partial charge in [0.05, 0.1) is 141 Å². The van der Waals surface area contributed by atoms with E-state index in [0.29, 0.717) is 117 Å². The Morgan fingerprint density at radius 2 is 1.11 bits per heavy atom. The zero-order valence-corrected chi connectivity index (χ0v) is 42.6. The van der Waals surface area contributed by atoms with Crippen LogP contribution >= 0.6 is 0 Å². The molecule has 0 bridgehead atoms. The Labute approximate surface area is 416 Å². The van der Waals surface area contributed by atoms with Crippen molar-refractivity contribution in [3.63, 3.8) is 0 Å². The summed E-state index contributed by atoms with van der Waals surface area (Å²) in [5, 5.41) is 41.1. The summed E-state index contributed by atoms with van der Waals surface area (Å²) in [6, 6.07) is 13.0. The number of fused-ring (bicyclic) bond motifs is 2. The van der Waals surface area contributed by atoms with Crippen LogP contribution in [0.5, 0.6) is 40.2 Å². The number of rotatable bonds is 24. The predicted octanol–water partition coefficient (Wildman–Crippen LogP) is 5.22. The van der Waals surface area contributed by atoms with E-state index in [1.807, 2.05) is 42.5 Å². The molecule has 0 amide bonds. The summed E-state index contributed by atoms with van der Waals surface area (Å²) in [5.41, 5.74) is 8.12. The first kappa shape index (κ1) is 54.3. The SMILES string of the molecule is COc1ccc(C2c3c(cc(CO)c(CO)c3OC)CC[N+]2(C)CCCOC(=O)C=CC(=O)OCCC[N+]2(C)CCc3cc(OC)c(OC)c(OC)c3C2Cc2cc(CO)c(OC)c(OC)c2)cc1CO. The van der Waals surface area contributed by atoms with Gasteiger partial charge in [-0.05, 0) is 58.7 Å². The van der Waals surface area contributed by atoms with Gasteiger partial charge in [0.25, 0.3) is 0 Å². The highest BCUT2D eigenvalue weighted by Crippen LogP contribution is 2.51. The number of nitrogens with zero attached hydrogens (tertiary/aromatic N) is 2. The third-order valence-electron chi connectivity index (χ3n) is 14.3. The van der Waals surface area contributed by atoms with E-state index in [4.69, 9.17) is 42.6 Å². The molecule has 4 unspecified atom stereocenters. The maximum atomic E-state index is 12.9. The quantitative estimate of drug-likeness (QED) is 0.0309. The number of aliphatic hydroxyl groups is 4. The van der Waals surface area contributed by atoms with E-state index in [-0.39, 0.29) is 51.7 Å². The number of ether oxygens (including phenoxy) is 9. The average Bonchev–Trinajstić information content (AvgIpc) is 3.39. The summed E-state index contributed by atoms with van der Waals surface area (Å²) in [4.78, 5) is 25.9. The number of hydrogen-bond donors (Lipinski definition) is 4. The van der Waals surface area contributed by atoms with E-state index < -0.39 is 11.9 Å². The molecule has 0 saturated heterocycles. The van der Waals surface area contributed by atoms with E-state index in [0.717, 1.165) is 58.5 Å². The van der Waals surface area contributed by atoms with Crippen LogP contribution in [0.4, 0.5) is 0 Å². The Balaban J connectivity index is 1.10. The first-order valence-electron chi connectivity index (χ1n) is 23.8. The standard InChI is InChI=1S/C54H72N2O15/c1-55(20-16-36-29-45(65-5)53(68-8)54(69-9)48(36)42(55)25-34-24-40(32-59)51(66-6)44(26-34)64-4)18-10-22-70-46(61)14-15-47(62)71-23-11-19-56(2)21-17-35-27-38(30-57)41(33-60)52(67-7)49(35)50(56)37-12-13-43(63-3)39(28-37)31-58/h12-15,24,26-29,42,50,57-60H,10-11,16-23,25,30-33H2,1-9H3/q+2. The molecule has 6 rings (SSSR count). The van der Waals surface area contributed by atoms with Crippen LogP contribution in [-0.4, -0.2) is 145 Å². The van der Waals surface area contributed by atoms with E-state index in [1.165, 1.54) is 0 Å². The van der Waals surface area contributed by atoms with Gasteiger partial charge in [0.1, 0.15) is 23.6 Å². The highest BCUT2D eigenvalue weighted by atomic mass is 16.5. The van der Waals surface area contributed by atoms with Gasteiger partial charge in [-0.3, -0.25) is 0 Å². The van der Waals surface area contributed by atoms with Crippen LogP contribution in [0.2, 0.25) is 0 Å². The van der Waals surface area contributed by atoms with E-state index in [9.17, 15) is 30.0 Å².